The first-order valence-electron chi connectivity index (χ1n) is 6.79. The molecule has 4 nitrogen and oxygen atoms in total. The number of anilines is 1. The second kappa shape index (κ2) is 5.52. The van der Waals surface area contributed by atoms with E-state index in [4.69, 9.17) is 4.74 Å². The molecule has 0 saturated carbocycles. The summed E-state index contributed by atoms with van der Waals surface area (Å²) in [6.45, 7) is 2.52. The van der Waals surface area contributed by atoms with E-state index in [0.717, 1.165) is 24.5 Å². The summed E-state index contributed by atoms with van der Waals surface area (Å²) >= 11 is 0. The molecule has 2 heterocycles. The zero-order valence-electron chi connectivity index (χ0n) is 11.6. The molecule has 1 N–H and O–H groups in total. The van der Waals surface area contributed by atoms with Crippen LogP contribution in [-0.4, -0.2) is 17.3 Å². The standard InChI is InChI=1S/C16H15FN2O2/c1-10(20)14-5-3-12(17)8-15(14)21-9-13-4-2-11-6-7-18-16(11)19-13/h2-5,8H,6-7,9H2,1H3,(H,18,19). The first kappa shape index (κ1) is 13.5. The van der Waals surface area contributed by atoms with Crippen molar-refractivity contribution in [3.8, 4) is 5.75 Å². The van der Waals surface area contributed by atoms with Crippen molar-refractivity contribution >= 4 is 11.6 Å². The van der Waals surface area contributed by atoms with Gasteiger partial charge in [0.25, 0.3) is 0 Å². The summed E-state index contributed by atoms with van der Waals surface area (Å²) in [5.74, 6) is 0.534. The number of nitrogens with zero attached hydrogens (tertiary/aromatic N) is 1. The minimum absolute atomic E-state index is 0.159. The Morgan fingerprint density at radius 1 is 1.38 bits per heavy atom. The predicted molar refractivity (Wildman–Crippen MR) is 77.2 cm³/mol. The van der Waals surface area contributed by atoms with E-state index in [2.05, 4.69) is 10.3 Å². The molecule has 3 rings (SSSR count). The van der Waals surface area contributed by atoms with Gasteiger partial charge in [0.2, 0.25) is 0 Å². The molecule has 5 heteroatoms. The Kier molecular flexibility index (Phi) is 3.56. The summed E-state index contributed by atoms with van der Waals surface area (Å²) in [5, 5.41) is 3.20. The van der Waals surface area contributed by atoms with Gasteiger partial charge in [-0.2, -0.15) is 0 Å². The van der Waals surface area contributed by atoms with Crippen LogP contribution in [-0.2, 0) is 13.0 Å². The second-order valence-corrected chi connectivity index (χ2v) is 4.97. The monoisotopic (exact) mass is 286 g/mol. The largest absolute Gasteiger partial charge is 0.486 e. The van der Waals surface area contributed by atoms with Gasteiger partial charge in [0.05, 0.1) is 11.3 Å². The van der Waals surface area contributed by atoms with Crippen molar-refractivity contribution in [2.45, 2.75) is 20.0 Å². The van der Waals surface area contributed by atoms with Crippen LogP contribution in [0.3, 0.4) is 0 Å². The number of rotatable bonds is 4. The third kappa shape index (κ3) is 2.86. The summed E-state index contributed by atoms with van der Waals surface area (Å²) in [4.78, 5) is 16.0. The number of hydrogen-bond donors (Lipinski definition) is 1. The van der Waals surface area contributed by atoms with Crippen LogP contribution < -0.4 is 10.1 Å². The molecule has 0 bridgehead atoms. The van der Waals surface area contributed by atoms with Gasteiger partial charge in [-0.3, -0.25) is 4.79 Å². The molecule has 2 aromatic rings. The third-order valence-electron chi connectivity index (χ3n) is 3.42. The van der Waals surface area contributed by atoms with Crippen molar-refractivity contribution in [3.05, 3.63) is 53.0 Å². The highest BCUT2D eigenvalue weighted by atomic mass is 19.1. The topological polar surface area (TPSA) is 51.2 Å². The number of carbonyl (C=O) groups is 1. The smallest absolute Gasteiger partial charge is 0.163 e. The van der Waals surface area contributed by atoms with Gasteiger partial charge in [0.15, 0.2) is 5.78 Å². The minimum atomic E-state index is -0.432. The fourth-order valence-electron chi connectivity index (χ4n) is 2.34. The Morgan fingerprint density at radius 2 is 2.24 bits per heavy atom. The summed E-state index contributed by atoms with van der Waals surface area (Å²) in [6.07, 6.45) is 0.974. The third-order valence-corrected chi connectivity index (χ3v) is 3.42. The highest BCUT2D eigenvalue weighted by Crippen LogP contribution is 2.23. The van der Waals surface area contributed by atoms with Crippen LogP contribution in [0.25, 0.3) is 0 Å². The molecule has 0 amide bonds. The summed E-state index contributed by atoms with van der Waals surface area (Å²) in [5.41, 5.74) is 2.30. The minimum Gasteiger partial charge on any atom is -0.486 e. The SMILES string of the molecule is CC(=O)c1ccc(F)cc1OCc1ccc2c(n1)NCC2. The van der Waals surface area contributed by atoms with Crippen molar-refractivity contribution in [1.82, 2.24) is 4.98 Å². The van der Waals surface area contributed by atoms with E-state index < -0.39 is 5.82 Å². The molecule has 1 aliphatic rings. The van der Waals surface area contributed by atoms with Gasteiger partial charge in [0, 0.05) is 12.6 Å². The molecule has 1 aromatic heterocycles. The highest BCUT2D eigenvalue weighted by Gasteiger charge is 2.13. The summed E-state index contributed by atoms with van der Waals surface area (Å²) < 4.78 is 18.9. The molecule has 1 aliphatic heterocycles. The molecule has 1 aromatic carbocycles. The number of carbonyl (C=O) groups excluding carboxylic acids is 1. The number of Topliss-reactive ketones (excluding diaryl/α,β-unsaturated/α-hetero) is 1. The van der Waals surface area contributed by atoms with Gasteiger partial charge in [-0.15, -0.1) is 0 Å². The van der Waals surface area contributed by atoms with E-state index in [1.54, 1.807) is 0 Å². The van der Waals surface area contributed by atoms with Crippen molar-refractivity contribution in [1.29, 1.82) is 0 Å². The average molecular weight is 286 g/mol. The van der Waals surface area contributed by atoms with Crippen LogP contribution >= 0.6 is 0 Å². The molecule has 0 spiro atoms. The molecular weight excluding hydrogens is 271 g/mol. The first-order valence-corrected chi connectivity index (χ1v) is 6.79. The molecule has 0 atom stereocenters. The lowest BCUT2D eigenvalue weighted by atomic mass is 10.1. The van der Waals surface area contributed by atoms with Gasteiger partial charge < -0.3 is 10.1 Å². The number of nitrogens with one attached hydrogen (secondary N) is 1. The fourth-order valence-corrected chi connectivity index (χ4v) is 2.34. The zero-order valence-corrected chi connectivity index (χ0v) is 11.6. The van der Waals surface area contributed by atoms with E-state index in [0.29, 0.717) is 5.56 Å². The van der Waals surface area contributed by atoms with Gasteiger partial charge in [0.1, 0.15) is 24.0 Å². The van der Waals surface area contributed by atoms with Gasteiger partial charge in [-0.05, 0) is 37.1 Å². The number of halogens is 1. The Bertz CT molecular complexity index is 701. The normalized spacial score (nSPS) is 12.7. The molecule has 0 unspecified atom stereocenters. The number of pyridine rings is 1. The first-order chi connectivity index (χ1) is 10.1. The maximum Gasteiger partial charge on any atom is 0.163 e. The number of benzene rings is 1. The summed E-state index contributed by atoms with van der Waals surface area (Å²) in [7, 11) is 0. The van der Waals surface area contributed by atoms with E-state index in [1.165, 1.54) is 30.7 Å². The number of fused-ring (bicyclic) bond motifs is 1. The van der Waals surface area contributed by atoms with Crippen LogP contribution in [0.15, 0.2) is 30.3 Å². The quantitative estimate of drug-likeness (QED) is 0.878. The maximum atomic E-state index is 13.3. The van der Waals surface area contributed by atoms with Crippen LogP contribution in [0.5, 0.6) is 5.75 Å². The van der Waals surface area contributed by atoms with Crippen molar-refractivity contribution in [3.63, 3.8) is 0 Å². The summed E-state index contributed by atoms with van der Waals surface area (Å²) in [6, 6.07) is 7.81. The molecular formula is C16H15FN2O2. The lowest BCUT2D eigenvalue weighted by Gasteiger charge is -2.10. The van der Waals surface area contributed by atoms with Crippen molar-refractivity contribution < 1.29 is 13.9 Å². The predicted octanol–water partition coefficient (Wildman–Crippen LogP) is 2.97. The van der Waals surface area contributed by atoms with E-state index in [1.807, 2.05) is 12.1 Å². The molecule has 0 aliphatic carbocycles. The number of hydrogen-bond acceptors (Lipinski definition) is 4. The fraction of sp³-hybridized carbons (Fsp3) is 0.250. The van der Waals surface area contributed by atoms with Crippen molar-refractivity contribution in [2.24, 2.45) is 0 Å². The van der Waals surface area contributed by atoms with Crippen LogP contribution in [0.4, 0.5) is 10.2 Å². The van der Waals surface area contributed by atoms with Crippen molar-refractivity contribution in [2.75, 3.05) is 11.9 Å². The Morgan fingerprint density at radius 3 is 3.05 bits per heavy atom. The average Bonchev–Trinajstić information content (AvgIpc) is 2.92. The van der Waals surface area contributed by atoms with E-state index in [-0.39, 0.29) is 18.1 Å². The number of ether oxygens (including phenoxy) is 1. The molecule has 108 valence electrons. The van der Waals surface area contributed by atoms with Crippen LogP contribution in [0, 0.1) is 5.82 Å². The van der Waals surface area contributed by atoms with Gasteiger partial charge >= 0.3 is 0 Å². The maximum absolute atomic E-state index is 13.3. The highest BCUT2D eigenvalue weighted by molar-refractivity contribution is 5.96. The lowest BCUT2D eigenvalue weighted by Crippen LogP contribution is -2.04. The van der Waals surface area contributed by atoms with Gasteiger partial charge in [-0.1, -0.05) is 6.07 Å². The van der Waals surface area contributed by atoms with Crippen LogP contribution in [0.2, 0.25) is 0 Å². The lowest BCUT2D eigenvalue weighted by molar-refractivity contribution is 0.101. The molecule has 0 radical (unpaired) electrons. The van der Waals surface area contributed by atoms with Gasteiger partial charge in [-0.25, -0.2) is 9.37 Å². The molecule has 0 saturated heterocycles. The Balaban J connectivity index is 1.78. The molecule has 21 heavy (non-hydrogen) atoms. The van der Waals surface area contributed by atoms with E-state index >= 15 is 0 Å². The Labute approximate surface area is 122 Å². The zero-order chi connectivity index (χ0) is 14.8. The van der Waals surface area contributed by atoms with Crippen LogP contribution in [0.1, 0.15) is 28.5 Å². The number of ketones is 1. The van der Waals surface area contributed by atoms with E-state index in [9.17, 15) is 9.18 Å². The molecule has 0 fully saturated rings. The second-order valence-electron chi connectivity index (χ2n) is 4.97. The Hall–Kier alpha value is -2.43. The number of aromatic nitrogens is 1.